The van der Waals surface area contributed by atoms with E-state index >= 15 is 0 Å². The van der Waals surface area contributed by atoms with Gasteiger partial charge in [-0.05, 0) is 30.5 Å². The third-order valence-electron chi connectivity index (χ3n) is 3.77. The van der Waals surface area contributed by atoms with E-state index in [4.69, 9.17) is 0 Å². The molecule has 1 N–H and O–H groups in total. The minimum absolute atomic E-state index is 0.171. The molecule has 1 heterocycles. The van der Waals surface area contributed by atoms with Crippen LogP contribution in [0.4, 0.5) is 0 Å². The number of amides is 1. The maximum Gasteiger partial charge on any atom is 0.227 e. The van der Waals surface area contributed by atoms with Crippen LogP contribution >= 0.6 is 0 Å². The fourth-order valence-corrected chi connectivity index (χ4v) is 2.63. The molecule has 0 spiro atoms. The molecule has 1 amide bonds. The number of rotatable bonds is 5. The molecule has 19 heavy (non-hydrogen) atoms. The highest BCUT2D eigenvalue weighted by Gasteiger charge is 2.25. The zero-order chi connectivity index (χ0) is 13.7. The van der Waals surface area contributed by atoms with Crippen LogP contribution < -0.4 is 5.32 Å². The van der Waals surface area contributed by atoms with Gasteiger partial charge in [0, 0.05) is 20.1 Å². The first-order valence-corrected chi connectivity index (χ1v) is 7.24. The van der Waals surface area contributed by atoms with E-state index in [1.807, 2.05) is 11.9 Å². The summed E-state index contributed by atoms with van der Waals surface area (Å²) in [6.07, 6.45) is 3.27. The highest BCUT2D eigenvalue weighted by atomic mass is 16.2. The molecule has 1 aliphatic rings. The third kappa shape index (κ3) is 3.80. The van der Waals surface area contributed by atoms with Crippen LogP contribution in [0.2, 0.25) is 0 Å². The molecule has 1 fully saturated rings. The fraction of sp³-hybridized carbons (Fsp3) is 0.562. The van der Waals surface area contributed by atoms with Gasteiger partial charge in [-0.25, -0.2) is 0 Å². The van der Waals surface area contributed by atoms with E-state index in [9.17, 15) is 4.79 Å². The standard InChI is InChI=1S/C16H24N2O/c1-3-4-13-5-7-14(8-6-13)12-18(2)16(19)15-9-10-17-11-15/h5-8,15,17H,3-4,9-12H2,1-2H3. The van der Waals surface area contributed by atoms with E-state index in [-0.39, 0.29) is 11.8 Å². The van der Waals surface area contributed by atoms with Crippen LogP contribution in [0.15, 0.2) is 24.3 Å². The summed E-state index contributed by atoms with van der Waals surface area (Å²) in [7, 11) is 1.90. The van der Waals surface area contributed by atoms with E-state index < -0.39 is 0 Å². The van der Waals surface area contributed by atoms with Gasteiger partial charge in [-0.2, -0.15) is 0 Å². The lowest BCUT2D eigenvalue weighted by atomic mass is 10.1. The van der Waals surface area contributed by atoms with Crippen LogP contribution in [-0.4, -0.2) is 30.9 Å². The number of aryl methyl sites for hydroxylation is 1. The van der Waals surface area contributed by atoms with Crippen molar-refractivity contribution in [2.24, 2.45) is 5.92 Å². The van der Waals surface area contributed by atoms with Gasteiger partial charge in [-0.15, -0.1) is 0 Å². The van der Waals surface area contributed by atoms with Crippen LogP contribution in [0.5, 0.6) is 0 Å². The Bertz CT molecular complexity index is 407. The van der Waals surface area contributed by atoms with Crippen molar-refractivity contribution < 1.29 is 4.79 Å². The van der Waals surface area contributed by atoms with Gasteiger partial charge < -0.3 is 10.2 Å². The summed E-state index contributed by atoms with van der Waals surface area (Å²) in [5.74, 6) is 0.437. The van der Waals surface area contributed by atoms with Gasteiger partial charge >= 0.3 is 0 Å². The summed E-state index contributed by atoms with van der Waals surface area (Å²) in [6.45, 7) is 4.70. The summed E-state index contributed by atoms with van der Waals surface area (Å²) in [6, 6.07) is 8.63. The molecular formula is C16H24N2O. The molecule has 1 atom stereocenters. The highest BCUT2D eigenvalue weighted by Crippen LogP contribution is 2.14. The topological polar surface area (TPSA) is 32.3 Å². The fourth-order valence-electron chi connectivity index (χ4n) is 2.63. The van der Waals surface area contributed by atoms with Crippen molar-refractivity contribution in [3.05, 3.63) is 35.4 Å². The third-order valence-corrected chi connectivity index (χ3v) is 3.77. The van der Waals surface area contributed by atoms with Crippen LogP contribution in [0.25, 0.3) is 0 Å². The van der Waals surface area contributed by atoms with Crippen molar-refractivity contribution >= 4 is 5.91 Å². The van der Waals surface area contributed by atoms with E-state index in [2.05, 4.69) is 36.5 Å². The van der Waals surface area contributed by atoms with E-state index in [0.29, 0.717) is 6.54 Å². The quantitative estimate of drug-likeness (QED) is 0.880. The van der Waals surface area contributed by atoms with E-state index in [0.717, 1.165) is 25.9 Å². The van der Waals surface area contributed by atoms with Gasteiger partial charge in [0.15, 0.2) is 0 Å². The SMILES string of the molecule is CCCc1ccc(CN(C)C(=O)C2CCNC2)cc1. The van der Waals surface area contributed by atoms with Gasteiger partial charge in [0.05, 0.1) is 5.92 Å². The molecule has 1 aromatic rings. The Balaban J connectivity index is 1.90. The largest absolute Gasteiger partial charge is 0.341 e. The highest BCUT2D eigenvalue weighted by molar-refractivity contribution is 5.79. The molecular weight excluding hydrogens is 236 g/mol. The molecule has 0 saturated carbocycles. The summed E-state index contributed by atoms with van der Waals surface area (Å²) in [5.41, 5.74) is 2.59. The maximum absolute atomic E-state index is 12.2. The Labute approximate surface area is 116 Å². The van der Waals surface area contributed by atoms with Gasteiger partial charge in [0.1, 0.15) is 0 Å². The first-order valence-electron chi connectivity index (χ1n) is 7.24. The lowest BCUT2D eigenvalue weighted by molar-refractivity contribution is -0.134. The average molecular weight is 260 g/mol. The summed E-state index contributed by atoms with van der Waals surface area (Å²) < 4.78 is 0. The lowest BCUT2D eigenvalue weighted by Gasteiger charge is -2.20. The normalized spacial score (nSPS) is 18.5. The minimum Gasteiger partial charge on any atom is -0.341 e. The van der Waals surface area contributed by atoms with Crippen LogP contribution in [0, 0.1) is 5.92 Å². The molecule has 1 aromatic carbocycles. The first kappa shape index (κ1) is 14.1. The van der Waals surface area contributed by atoms with Gasteiger partial charge in [0.25, 0.3) is 0 Å². The molecule has 3 heteroatoms. The van der Waals surface area contributed by atoms with Crippen molar-refractivity contribution in [1.82, 2.24) is 10.2 Å². The van der Waals surface area contributed by atoms with Crippen molar-refractivity contribution in [2.75, 3.05) is 20.1 Å². The van der Waals surface area contributed by atoms with Crippen molar-refractivity contribution in [1.29, 1.82) is 0 Å². The van der Waals surface area contributed by atoms with Gasteiger partial charge in [-0.3, -0.25) is 4.79 Å². The summed E-state index contributed by atoms with van der Waals surface area (Å²) in [4.78, 5) is 14.1. The van der Waals surface area contributed by atoms with Crippen molar-refractivity contribution in [3.63, 3.8) is 0 Å². The molecule has 1 aliphatic heterocycles. The predicted octanol–water partition coefficient (Wildman–Crippen LogP) is 2.21. The zero-order valence-corrected chi connectivity index (χ0v) is 12.0. The van der Waals surface area contributed by atoms with Gasteiger partial charge in [-0.1, -0.05) is 37.6 Å². The Morgan fingerprint density at radius 3 is 2.58 bits per heavy atom. The smallest absolute Gasteiger partial charge is 0.227 e. The second kappa shape index (κ2) is 6.71. The van der Waals surface area contributed by atoms with Crippen LogP contribution in [0.3, 0.4) is 0 Å². The Kier molecular flexibility index (Phi) is 4.97. The minimum atomic E-state index is 0.171. The number of nitrogens with one attached hydrogen (secondary N) is 1. The molecule has 0 radical (unpaired) electrons. The number of carbonyl (C=O) groups excluding carboxylic acids is 1. The molecule has 0 bridgehead atoms. The molecule has 104 valence electrons. The summed E-state index contributed by atoms with van der Waals surface area (Å²) in [5, 5.41) is 3.25. The number of hydrogen-bond acceptors (Lipinski definition) is 2. The second-order valence-corrected chi connectivity index (χ2v) is 5.45. The lowest BCUT2D eigenvalue weighted by Crippen LogP contribution is -2.33. The number of nitrogens with zero attached hydrogens (tertiary/aromatic N) is 1. The van der Waals surface area contributed by atoms with E-state index in [1.54, 1.807) is 0 Å². The predicted molar refractivity (Wildman–Crippen MR) is 77.9 cm³/mol. The van der Waals surface area contributed by atoms with Gasteiger partial charge in [0.2, 0.25) is 5.91 Å². The Morgan fingerprint density at radius 1 is 1.32 bits per heavy atom. The average Bonchev–Trinajstić information content (AvgIpc) is 2.94. The zero-order valence-electron chi connectivity index (χ0n) is 12.0. The molecule has 3 nitrogen and oxygen atoms in total. The Morgan fingerprint density at radius 2 is 2.00 bits per heavy atom. The van der Waals surface area contributed by atoms with Crippen molar-refractivity contribution in [3.8, 4) is 0 Å². The van der Waals surface area contributed by atoms with Crippen molar-refractivity contribution in [2.45, 2.75) is 32.7 Å². The summed E-state index contributed by atoms with van der Waals surface area (Å²) >= 11 is 0. The molecule has 1 saturated heterocycles. The molecule has 1 unspecified atom stereocenters. The monoisotopic (exact) mass is 260 g/mol. The molecule has 2 rings (SSSR count). The number of benzene rings is 1. The van der Waals surface area contributed by atoms with Crippen LogP contribution in [-0.2, 0) is 17.8 Å². The van der Waals surface area contributed by atoms with Crippen LogP contribution in [0.1, 0.15) is 30.9 Å². The molecule has 0 aromatic heterocycles. The number of carbonyl (C=O) groups is 1. The first-order chi connectivity index (χ1) is 9.20. The maximum atomic E-state index is 12.2. The van der Waals surface area contributed by atoms with E-state index in [1.165, 1.54) is 17.5 Å². The molecule has 0 aliphatic carbocycles. The number of hydrogen-bond donors (Lipinski definition) is 1. The Hall–Kier alpha value is -1.35. The second-order valence-electron chi connectivity index (χ2n) is 5.45.